The summed E-state index contributed by atoms with van der Waals surface area (Å²) in [5.74, 6) is -4.92. The number of nitriles is 1. The van der Waals surface area contributed by atoms with Crippen LogP contribution in [-0.4, -0.2) is 114 Å². The van der Waals surface area contributed by atoms with E-state index >= 15 is 0 Å². The molecule has 1 unspecified atom stereocenters. The normalized spacial score (nSPS) is 50.5. The molecule has 9 atom stereocenters. The number of nitrogens with zero attached hydrogens (tertiary/aromatic N) is 1. The van der Waals surface area contributed by atoms with E-state index in [1.807, 2.05) is 0 Å². The first-order chi connectivity index (χ1) is 12.6. The van der Waals surface area contributed by atoms with Crippen LogP contribution in [0.15, 0.2) is 0 Å². The van der Waals surface area contributed by atoms with Crippen molar-refractivity contribution in [3.05, 3.63) is 0 Å². The highest BCUT2D eigenvalue weighted by atomic mass is 16.8. The van der Waals surface area contributed by atoms with Crippen LogP contribution in [0.3, 0.4) is 0 Å². The van der Waals surface area contributed by atoms with E-state index in [1.54, 1.807) is 0 Å². The summed E-state index contributed by atoms with van der Waals surface area (Å²) in [6, 6.07) is 1.40. The quantitative estimate of drug-likeness (QED) is 0.199. The van der Waals surface area contributed by atoms with E-state index in [0.29, 0.717) is 0 Å². The molecule has 0 aromatic rings. The van der Waals surface area contributed by atoms with E-state index < -0.39 is 73.6 Å². The Morgan fingerprint density at radius 3 is 1.89 bits per heavy atom. The van der Waals surface area contributed by atoms with Gasteiger partial charge in [-0.05, 0) is 0 Å². The summed E-state index contributed by atoms with van der Waals surface area (Å²) in [7, 11) is 0. The van der Waals surface area contributed by atoms with Gasteiger partial charge in [0.05, 0.1) is 13.2 Å². The number of aliphatic hydroxyl groups excluding tert-OH is 7. The Labute approximate surface area is 154 Å². The molecular weight excluding hydrogens is 370 g/mol. The molecule has 0 aromatic heterocycles. The first kappa shape index (κ1) is 22.3. The lowest BCUT2D eigenvalue weighted by Gasteiger charge is -2.54. The Kier molecular flexibility index (Phi) is 6.47. The number of rotatable bonds is 6. The third kappa shape index (κ3) is 3.15. The summed E-state index contributed by atoms with van der Waals surface area (Å²) in [6.45, 7) is -1.28. The molecule has 12 nitrogen and oxygen atoms in total. The third-order valence-corrected chi connectivity index (χ3v) is 5.11. The van der Waals surface area contributed by atoms with Crippen molar-refractivity contribution in [3.63, 3.8) is 0 Å². The first-order valence-corrected chi connectivity index (χ1v) is 8.36. The van der Waals surface area contributed by atoms with E-state index in [0.717, 1.165) is 0 Å². The van der Waals surface area contributed by atoms with Crippen LogP contribution in [-0.2, 0) is 14.2 Å². The van der Waals surface area contributed by atoms with Gasteiger partial charge in [0.25, 0.3) is 0 Å². The highest BCUT2D eigenvalue weighted by Crippen LogP contribution is 2.46. The minimum absolute atomic E-state index is 0.366. The van der Waals surface area contributed by atoms with Crippen molar-refractivity contribution in [2.24, 2.45) is 0 Å². The molecule has 156 valence electrons. The molecule has 0 amide bonds. The van der Waals surface area contributed by atoms with Gasteiger partial charge in [0, 0.05) is 6.42 Å². The molecule has 27 heavy (non-hydrogen) atoms. The summed E-state index contributed by atoms with van der Waals surface area (Å²) in [4.78, 5) is 0. The van der Waals surface area contributed by atoms with E-state index in [1.165, 1.54) is 13.0 Å². The monoisotopic (exact) mass is 395 g/mol. The summed E-state index contributed by atoms with van der Waals surface area (Å²) >= 11 is 0. The fourth-order valence-electron chi connectivity index (χ4n) is 3.43. The zero-order chi connectivity index (χ0) is 20.6. The minimum atomic E-state index is -2.90. The van der Waals surface area contributed by atoms with Crippen LogP contribution < -0.4 is 0 Å². The van der Waals surface area contributed by atoms with Crippen LogP contribution in [0.25, 0.3) is 0 Å². The summed E-state index contributed by atoms with van der Waals surface area (Å²) in [5, 5.41) is 89.1. The van der Waals surface area contributed by atoms with E-state index in [2.05, 4.69) is 0 Å². The zero-order valence-electron chi connectivity index (χ0n) is 14.5. The molecule has 2 heterocycles. The van der Waals surface area contributed by atoms with Crippen molar-refractivity contribution in [2.75, 3.05) is 19.8 Å². The SMILES string of the molecule is CC[C@@]1(OC2(CO)O[C@H](CO)[C@@H](O)[C@@H]2O)O[C@H](CO)[C@@H](O)[C@H](O)[C@]1(O)C#N. The van der Waals surface area contributed by atoms with Gasteiger partial charge in [-0.2, -0.15) is 5.26 Å². The Morgan fingerprint density at radius 2 is 1.48 bits per heavy atom. The molecular formula is C15H25NO11. The van der Waals surface area contributed by atoms with Crippen molar-refractivity contribution in [3.8, 4) is 6.07 Å². The standard InChI is InChI=1S/C15H25NO11/c1-2-15(13(24,5-16)11(22)9(20)8(4-18)26-15)27-14(6-19)12(23)10(21)7(3-17)25-14/h7-12,17-24H,2-4,6H2,1H3/t7-,8-,9-,10-,11+,12+,13-,14?,15+/m1/s1. The molecule has 8 N–H and O–H groups in total. The summed E-state index contributed by atoms with van der Waals surface area (Å²) in [6.07, 6.45) is -10.8. The second-order valence-corrected chi connectivity index (χ2v) is 6.61. The van der Waals surface area contributed by atoms with Gasteiger partial charge in [-0.15, -0.1) is 0 Å². The molecule has 12 heteroatoms. The predicted molar refractivity (Wildman–Crippen MR) is 82.4 cm³/mol. The summed E-state index contributed by atoms with van der Waals surface area (Å²) in [5.41, 5.74) is -2.90. The van der Waals surface area contributed by atoms with Gasteiger partial charge in [0.2, 0.25) is 17.2 Å². The number of ether oxygens (including phenoxy) is 3. The maximum Gasteiger partial charge on any atom is 0.234 e. The maximum absolute atomic E-state index is 10.8. The lowest BCUT2D eigenvalue weighted by molar-refractivity contribution is -0.449. The van der Waals surface area contributed by atoms with Gasteiger partial charge in [-0.25, -0.2) is 0 Å². The molecule has 2 fully saturated rings. The highest BCUT2D eigenvalue weighted by molar-refractivity contribution is 5.20. The topological polar surface area (TPSA) is 213 Å². The number of hydrogen-bond donors (Lipinski definition) is 8. The minimum Gasteiger partial charge on any atom is -0.394 e. The van der Waals surface area contributed by atoms with Crippen LogP contribution in [0.2, 0.25) is 0 Å². The van der Waals surface area contributed by atoms with E-state index in [9.17, 15) is 46.1 Å². The Hall–Kier alpha value is -0.950. The molecule has 0 aliphatic carbocycles. The van der Waals surface area contributed by atoms with Crippen LogP contribution in [0, 0.1) is 11.3 Å². The fourth-order valence-corrected chi connectivity index (χ4v) is 3.43. The average Bonchev–Trinajstić information content (AvgIpc) is 2.93. The molecule has 2 saturated heterocycles. The van der Waals surface area contributed by atoms with Crippen LogP contribution in [0.4, 0.5) is 0 Å². The Balaban J connectivity index is 2.52. The lowest BCUT2D eigenvalue weighted by Crippen LogP contribution is -2.75. The van der Waals surface area contributed by atoms with Crippen molar-refractivity contribution in [1.29, 1.82) is 5.26 Å². The van der Waals surface area contributed by atoms with E-state index in [-0.39, 0.29) is 6.42 Å². The lowest BCUT2D eigenvalue weighted by atomic mass is 9.79. The number of aliphatic hydroxyl groups is 8. The van der Waals surface area contributed by atoms with Gasteiger partial charge in [0.1, 0.15) is 49.3 Å². The van der Waals surface area contributed by atoms with Gasteiger partial charge < -0.3 is 55.1 Å². The predicted octanol–water partition coefficient (Wildman–Crippen LogP) is -4.72. The van der Waals surface area contributed by atoms with Crippen molar-refractivity contribution in [2.45, 2.75) is 67.1 Å². The third-order valence-electron chi connectivity index (χ3n) is 5.11. The first-order valence-electron chi connectivity index (χ1n) is 8.36. The molecule has 0 spiro atoms. The second-order valence-electron chi connectivity index (χ2n) is 6.61. The molecule has 2 aliphatic rings. The molecule has 0 saturated carbocycles. The molecule has 0 radical (unpaired) electrons. The van der Waals surface area contributed by atoms with Gasteiger partial charge in [0.15, 0.2) is 0 Å². The van der Waals surface area contributed by atoms with Gasteiger partial charge in [-0.1, -0.05) is 6.92 Å². The van der Waals surface area contributed by atoms with Gasteiger partial charge >= 0.3 is 0 Å². The zero-order valence-corrected chi connectivity index (χ0v) is 14.5. The van der Waals surface area contributed by atoms with Crippen LogP contribution >= 0.6 is 0 Å². The molecule has 2 aliphatic heterocycles. The molecule has 2 rings (SSSR count). The van der Waals surface area contributed by atoms with Crippen molar-refractivity contribution < 1.29 is 55.1 Å². The Morgan fingerprint density at radius 1 is 0.963 bits per heavy atom. The smallest absolute Gasteiger partial charge is 0.234 e. The maximum atomic E-state index is 10.8. The molecule has 0 aromatic carbocycles. The fraction of sp³-hybridized carbons (Fsp3) is 0.933. The highest BCUT2D eigenvalue weighted by Gasteiger charge is 2.69. The number of hydrogen-bond acceptors (Lipinski definition) is 12. The van der Waals surface area contributed by atoms with E-state index in [4.69, 9.17) is 14.2 Å². The van der Waals surface area contributed by atoms with Crippen LogP contribution in [0.1, 0.15) is 13.3 Å². The second kappa shape index (κ2) is 7.82. The van der Waals surface area contributed by atoms with Gasteiger partial charge in [-0.3, -0.25) is 0 Å². The summed E-state index contributed by atoms with van der Waals surface area (Å²) < 4.78 is 16.2. The molecule has 0 bridgehead atoms. The van der Waals surface area contributed by atoms with Crippen LogP contribution in [0.5, 0.6) is 0 Å². The van der Waals surface area contributed by atoms with Crippen molar-refractivity contribution in [1.82, 2.24) is 0 Å². The average molecular weight is 395 g/mol. The van der Waals surface area contributed by atoms with Crippen molar-refractivity contribution >= 4 is 0 Å². The largest absolute Gasteiger partial charge is 0.394 e. The Bertz CT molecular complexity index is 572.